The van der Waals surface area contributed by atoms with Gasteiger partial charge in [-0.15, -0.1) is 0 Å². The van der Waals surface area contributed by atoms with Gasteiger partial charge in [0.15, 0.2) is 0 Å². The van der Waals surface area contributed by atoms with Gasteiger partial charge in [-0.3, -0.25) is 9.35 Å². The molecule has 1 aromatic carbocycles. The minimum absolute atomic E-state index is 0.578. The van der Waals surface area contributed by atoms with E-state index in [2.05, 4.69) is 5.14 Å². The van der Waals surface area contributed by atoms with Crippen LogP contribution < -0.4 is 5.14 Å². The van der Waals surface area contributed by atoms with E-state index in [1.807, 2.05) is 0 Å². The van der Waals surface area contributed by atoms with Crippen LogP contribution in [-0.4, -0.2) is 8.76 Å². The molecule has 0 aliphatic heterocycles. The van der Waals surface area contributed by atoms with Crippen molar-refractivity contribution in [2.45, 2.75) is 20.0 Å². The highest BCUT2D eigenvalue weighted by molar-refractivity contribution is 7.76. The van der Waals surface area contributed by atoms with Gasteiger partial charge in [0, 0.05) is 11.3 Å². The Morgan fingerprint density at radius 2 is 1.69 bits per heavy atom. The van der Waals surface area contributed by atoms with Crippen LogP contribution in [0.3, 0.4) is 0 Å². The molecule has 92 valence electrons. The van der Waals surface area contributed by atoms with Gasteiger partial charge in [0.2, 0.25) is 0 Å². The molecule has 1 rings (SSSR count). The van der Waals surface area contributed by atoms with E-state index in [4.69, 9.17) is 8.76 Å². The van der Waals surface area contributed by atoms with Crippen molar-refractivity contribution in [3.05, 3.63) is 34.9 Å². The molecule has 3 nitrogen and oxygen atoms in total. The lowest BCUT2D eigenvalue weighted by Gasteiger charge is -2.08. The Morgan fingerprint density at radius 3 is 2.00 bits per heavy atom. The zero-order chi connectivity index (χ0) is 12.9. The van der Waals surface area contributed by atoms with Crippen LogP contribution in [-0.2, 0) is 17.4 Å². The molecule has 0 aliphatic carbocycles. The van der Waals surface area contributed by atoms with Crippen LogP contribution in [0.25, 0.3) is 0 Å². The number of aryl methyl sites for hydroxylation is 2. The lowest BCUT2D eigenvalue weighted by atomic mass is 10.1. The molecule has 0 aliphatic rings. The third-order valence-corrected chi connectivity index (χ3v) is 1.83. The zero-order valence-corrected chi connectivity index (χ0v) is 9.48. The monoisotopic (exact) mass is 254 g/mol. The maximum Gasteiger partial charge on any atom is 0.416 e. The lowest BCUT2D eigenvalue weighted by Crippen LogP contribution is -2.05. The fourth-order valence-corrected chi connectivity index (χ4v) is 0.918. The van der Waals surface area contributed by atoms with Crippen molar-refractivity contribution in [1.82, 2.24) is 0 Å². The standard InChI is InChI=1S/C9H9F3.H3NO2S/c1-6-3-4-8(5-7(6)2)9(10,11)12;1-4(2)3/h3-5H,1-2H3;1H2,(H,2,3)/p-1. The molecule has 0 amide bonds. The molecule has 1 unspecified atom stereocenters. The molecule has 0 saturated carbocycles. The van der Waals surface area contributed by atoms with Gasteiger partial charge < -0.3 is 4.55 Å². The first kappa shape index (κ1) is 15.1. The molecule has 0 heterocycles. The van der Waals surface area contributed by atoms with Crippen molar-refractivity contribution in [3.63, 3.8) is 0 Å². The third kappa shape index (κ3) is 5.84. The molecule has 1 aromatic rings. The number of halogens is 3. The third-order valence-electron chi connectivity index (χ3n) is 1.83. The van der Waals surface area contributed by atoms with Crippen LogP contribution in [0.4, 0.5) is 13.2 Å². The van der Waals surface area contributed by atoms with Crippen LogP contribution in [0.1, 0.15) is 16.7 Å². The average molecular weight is 254 g/mol. The van der Waals surface area contributed by atoms with E-state index in [0.29, 0.717) is 5.56 Å². The quantitative estimate of drug-likeness (QED) is 0.720. The summed E-state index contributed by atoms with van der Waals surface area (Å²) in [5.41, 5.74) is 0.971. The number of hydrogen-bond donors (Lipinski definition) is 1. The predicted octanol–water partition coefficient (Wildman–Crippen LogP) is 2.06. The first-order valence-corrected chi connectivity index (χ1v) is 5.26. The van der Waals surface area contributed by atoms with Crippen LogP contribution in [0.5, 0.6) is 0 Å². The van der Waals surface area contributed by atoms with Crippen molar-refractivity contribution in [2.75, 3.05) is 0 Å². The van der Waals surface area contributed by atoms with Crippen LogP contribution in [0.15, 0.2) is 18.2 Å². The van der Waals surface area contributed by atoms with E-state index >= 15 is 0 Å². The second-order valence-electron chi connectivity index (χ2n) is 3.06. The molecule has 2 N–H and O–H groups in total. The van der Waals surface area contributed by atoms with Gasteiger partial charge in [0.25, 0.3) is 0 Å². The van der Waals surface area contributed by atoms with Crippen LogP contribution >= 0.6 is 0 Å². The van der Waals surface area contributed by atoms with Crippen LogP contribution in [0, 0.1) is 13.8 Å². The lowest BCUT2D eigenvalue weighted by molar-refractivity contribution is -0.137. The zero-order valence-electron chi connectivity index (χ0n) is 8.67. The molecule has 0 bridgehead atoms. The fourth-order valence-electron chi connectivity index (χ4n) is 0.918. The highest BCUT2D eigenvalue weighted by Gasteiger charge is 2.30. The van der Waals surface area contributed by atoms with E-state index in [1.165, 1.54) is 6.07 Å². The molecule has 0 radical (unpaired) electrons. The summed E-state index contributed by atoms with van der Waals surface area (Å²) < 4.78 is 53.9. The second-order valence-corrected chi connectivity index (χ2v) is 3.58. The summed E-state index contributed by atoms with van der Waals surface area (Å²) in [6, 6.07) is 3.75. The summed E-state index contributed by atoms with van der Waals surface area (Å²) in [5, 5.41) is 4.03. The largest absolute Gasteiger partial charge is 0.760 e. The van der Waals surface area contributed by atoms with Gasteiger partial charge in [-0.25, -0.2) is 0 Å². The maximum absolute atomic E-state index is 12.1. The highest BCUT2D eigenvalue weighted by Crippen LogP contribution is 2.30. The van der Waals surface area contributed by atoms with Gasteiger partial charge in [-0.1, -0.05) is 6.07 Å². The number of hydrogen-bond acceptors (Lipinski definition) is 2. The van der Waals surface area contributed by atoms with Gasteiger partial charge in [0.1, 0.15) is 0 Å². The van der Waals surface area contributed by atoms with Crippen molar-refractivity contribution >= 4 is 11.3 Å². The van der Waals surface area contributed by atoms with Gasteiger partial charge in [-0.05, 0) is 37.1 Å². The van der Waals surface area contributed by atoms with E-state index in [0.717, 1.165) is 17.7 Å². The number of nitrogens with two attached hydrogens (primary N) is 1. The minimum atomic E-state index is -4.22. The summed E-state index contributed by atoms with van der Waals surface area (Å²) in [4.78, 5) is 0. The van der Waals surface area contributed by atoms with Crippen LogP contribution in [0.2, 0.25) is 0 Å². The number of alkyl halides is 3. The van der Waals surface area contributed by atoms with Crippen molar-refractivity contribution in [1.29, 1.82) is 0 Å². The summed E-state index contributed by atoms with van der Waals surface area (Å²) in [6.45, 7) is 3.46. The molecular formula is C9H11F3NO2S-. The van der Waals surface area contributed by atoms with E-state index in [1.54, 1.807) is 13.8 Å². The first-order valence-electron chi connectivity index (χ1n) is 4.12. The van der Waals surface area contributed by atoms with Gasteiger partial charge in [-0.2, -0.15) is 13.2 Å². The number of benzene rings is 1. The Kier molecular flexibility index (Phi) is 5.63. The summed E-state index contributed by atoms with van der Waals surface area (Å²) >= 11 is -2.36. The molecular weight excluding hydrogens is 243 g/mol. The molecule has 1 atom stereocenters. The molecule has 0 fully saturated rings. The molecule has 7 heteroatoms. The Morgan fingerprint density at radius 1 is 1.25 bits per heavy atom. The number of rotatable bonds is 0. The molecule has 0 spiro atoms. The molecule has 0 saturated heterocycles. The summed E-state index contributed by atoms with van der Waals surface area (Å²) in [5.74, 6) is 0. The molecule has 0 aromatic heterocycles. The SMILES string of the molecule is Cc1ccc(C(F)(F)F)cc1C.NS(=O)[O-]. The Labute approximate surface area is 93.9 Å². The average Bonchev–Trinajstić information content (AvgIpc) is 2.06. The Bertz CT molecular complexity index is 376. The Balaban J connectivity index is 0.000000487. The highest BCUT2D eigenvalue weighted by atomic mass is 32.2. The van der Waals surface area contributed by atoms with Crippen molar-refractivity contribution in [2.24, 2.45) is 5.14 Å². The van der Waals surface area contributed by atoms with Gasteiger partial charge in [0.05, 0.1) is 5.56 Å². The van der Waals surface area contributed by atoms with E-state index < -0.39 is 23.0 Å². The van der Waals surface area contributed by atoms with Gasteiger partial charge >= 0.3 is 6.18 Å². The first-order chi connectivity index (χ1) is 7.14. The topological polar surface area (TPSA) is 66.2 Å². The Hall–Kier alpha value is -0.920. The normalized spacial score (nSPS) is 12.7. The van der Waals surface area contributed by atoms with Crippen molar-refractivity contribution in [3.8, 4) is 0 Å². The predicted molar refractivity (Wildman–Crippen MR) is 54.0 cm³/mol. The van der Waals surface area contributed by atoms with Crippen molar-refractivity contribution < 1.29 is 21.9 Å². The maximum atomic E-state index is 12.1. The van der Waals surface area contributed by atoms with E-state index in [9.17, 15) is 13.2 Å². The fraction of sp³-hybridized carbons (Fsp3) is 0.333. The second kappa shape index (κ2) is 5.97. The smallest absolute Gasteiger partial charge is 0.416 e. The molecule has 16 heavy (non-hydrogen) atoms. The summed E-state index contributed by atoms with van der Waals surface area (Å²) in [6.07, 6.45) is -4.22. The minimum Gasteiger partial charge on any atom is -0.760 e. The van der Waals surface area contributed by atoms with E-state index in [-0.39, 0.29) is 0 Å². The summed E-state index contributed by atoms with van der Waals surface area (Å²) in [7, 11) is 0.